The first-order valence-corrected chi connectivity index (χ1v) is 5.39. The molecule has 0 saturated heterocycles. The third kappa shape index (κ3) is 4.02. The summed E-state index contributed by atoms with van der Waals surface area (Å²) in [6.45, 7) is 7.06. The number of nitrogens with one attached hydrogen (secondary N) is 1. The predicted molar refractivity (Wildman–Crippen MR) is 62.9 cm³/mol. The predicted octanol–water partition coefficient (Wildman–Crippen LogP) is 1.63. The summed E-state index contributed by atoms with van der Waals surface area (Å²) >= 11 is 0. The molecule has 0 saturated carbocycles. The lowest BCUT2D eigenvalue weighted by molar-refractivity contribution is 0.190. The molecule has 0 aliphatic heterocycles. The number of anilines is 1. The Labute approximate surface area is 96.2 Å². The van der Waals surface area contributed by atoms with Gasteiger partial charge >= 0.3 is 0 Å². The first kappa shape index (κ1) is 12.7. The van der Waals surface area contributed by atoms with Crippen LogP contribution in [0.25, 0.3) is 0 Å². The summed E-state index contributed by atoms with van der Waals surface area (Å²) < 4.78 is 10.4. The van der Waals surface area contributed by atoms with Crippen LogP contribution >= 0.6 is 0 Å². The Balaban J connectivity index is 2.71. The van der Waals surface area contributed by atoms with Crippen LogP contribution in [-0.4, -0.2) is 36.3 Å². The highest BCUT2D eigenvalue weighted by Gasteiger charge is 2.06. The molecule has 0 fully saturated rings. The minimum Gasteiger partial charge on any atom is -0.478 e. The van der Waals surface area contributed by atoms with E-state index in [4.69, 9.17) is 9.47 Å². The Morgan fingerprint density at radius 3 is 2.81 bits per heavy atom. The molecular weight excluding hydrogens is 206 g/mol. The molecule has 0 aromatic carbocycles. The van der Waals surface area contributed by atoms with Gasteiger partial charge in [0.15, 0.2) is 0 Å². The minimum absolute atomic E-state index is 0.168. The quantitative estimate of drug-likeness (QED) is 0.797. The van der Waals surface area contributed by atoms with Gasteiger partial charge in [-0.25, -0.2) is 4.98 Å². The van der Waals surface area contributed by atoms with Gasteiger partial charge in [-0.2, -0.15) is 4.98 Å². The van der Waals surface area contributed by atoms with Crippen LogP contribution in [0.1, 0.15) is 19.5 Å². The standard InChI is InChI=1S/C11H19N3O2/c1-5-16-10-6-8(2)12-11(14-10)13-9(3)7-15-4/h6,9H,5,7H2,1-4H3,(H,12,13,14). The van der Waals surface area contributed by atoms with E-state index in [9.17, 15) is 0 Å². The van der Waals surface area contributed by atoms with Gasteiger partial charge in [-0.1, -0.05) is 0 Å². The molecule has 5 nitrogen and oxygen atoms in total. The van der Waals surface area contributed by atoms with E-state index in [0.717, 1.165) is 5.69 Å². The van der Waals surface area contributed by atoms with E-state index in [1.54, 1.807) is 7.11 Å². The van der Waals surface area contributed by atoms with Gasteiger partial charge in [-0.3, -0.25) is 0 Å². The molecule has 16 heavy (non-hydrogen) atoms. The van der Waals surface area contributed by atoms with E-state index in [2.05, 4.69) is 15.3 Å². The fourth-order valence-electron chi connectivity index (χ4n) is 1.34. The van der Waals surface area contributed by atoms with Crippen molar-refractivity contribution in [3.8, 4) is 5.88 Å². The Hall–Kier alpha value is -1.36. The van der Waals surface area contributed by atoms with E-state index in [1.165, 1.54) is 0 Å². The largest absolute Gasteiger partial charge is 0.478 e. The van der Waals surface area contributed by atoms with Crippen molar-refractivity contribution in [3.63, 3.8) is 0 Å². The third-order valence-electron chi connectivity index (χ3n) is 1.92. The zero-order chi connectivity index (χ0) is 12.0. The molecule has 0 radical (unpaired) electrons. The smallest absolute Gasteiger partial charge is 0.226 e. The van der Waals surface area contributed by atoms with Crippen LogP contribution in [0.3, 0.4) is 0 Å². The van der Waals surface area contributed by atoms with E-state index < -0.39 is 0 Å². The van der Waals surface area contributed by atoms with Crippen molar-refractivity contribution >= 4 is 5.95 Å². The molecule has 0 aliphatic carbocycles. The molecular formula is C11H19N3O2. The monoisotopic (exact) mass is 225 g/mol. The van der Waals surface area contributed by atoms with Crippen LogP contribution in [0, 0.1) is 6.92 Å². The van der Waals surface area contributed by atoms with Crippen molar-refractivity contribution in [1.82, 2.24) is 9.97 Å². The van der Waals surface area contributed by atoms with Crippen molar-refractivity contribution < 1.29 is 9.47 Å². The molecule has 1 aromatic heterocycles. The lowest BCUT2D eigenvalue weighted by Gasteiger charge is -2.13. The number of nitrogens with zero attached hydrogens (tertiary/aromatic N) is 2. The van der Waals surface area contributed by atoms with Gasteiger partial charge in [-0.05, 0) is 20.8 Å². The number of aryl methyl sites for hydroxylation is 1. The van der Waals surface area contributed by atoms with Crippen molar-refractivity contribution in [2.24, 2.45) is 0 Å². The molecule has 1 atom stereocenters. The van der Waals surface area contributed by atoms with E-state index in [0.29, 0.717) is 25.0 Å². The van der Waals surface area contributed by atoms with Crippen molar-refractivity contribution in [1.29, 1.82) is 0 Å². The minimum atomic E-state index is 0.168. The van der Waals surface area contributed by atoms with Crippen LogP contribution in [0.2, 0.25) is 0 Å². The van der Waals surface area contributed by atoms with Crippen LogP contribution in [-0.2, 0) is 4.74 Å². The summed E-state index contributed by atoms with van der Waals surface area (Å²) in [7, 11) is 1.67. The average molecular weight is 225 g/mol. The van der Waals surface area contributed by atoms with E-state index in [-0.39, 0.29) is 6.04 Å². The van der Waals surface area contributed by atoms with Gasteiger partial charge in [0.2, 0.25) is 11.8 Å². The number of hydrogen-bond acceptors (Lipinski definition) is 5. The van der Waals surface area contributed by atoms with E-state index in [1.807, 2.05) is 26.8 Å². The molecule has 5 heteroatoms. The number of aromatic nitrogens is 2. The van der Waals surface area contributed by atoms with Crippen molar-refractivity contribution in [2.45, 2.75) is 26.8 Å². The summed E-state index contributed by atoms with van der Waals surface area (Å²) in [4.78, 5) is 8.53. The molecule has 0 bridgehead atoms. The highest BCUT2D eigenvalue weighted by molar-refractivity contribution is 5.31. The molecule has 1 N–H and O–H groups in total. The molecule has 0 aliphatic rings. The second-order valence-corrected chi connectivity index (χ2v) is 3.60. The topological polar surface area (TPSA) is 56.3 Å². The van der Waals surface area contributed by atoms with Crippen LogP contribution in [0.4, 0.5) is 5.95 Å². The molecule has 1 aromatic rings. The van der Waals surface area contributed by atoms with Gasteiger partial charge in [0, 0.05) is 24.9 Å². The van der Waals surface area contributed by atoms with Gasteiger partial charge in [0.1, 0.15) is 0 Å². The summed E-state index contributed by atoms with van der Waals surface area (Å²) in [5.74, 6) is 1.18. The van der Waals surface area contributed by atoms with Crippen LogP contribution < -0.4 is 10.1 Å². The third-order valence-corrected chi connectivity index (χ3v) is 1.92. The number of rotatable bonds is 6. The van der Waals surface area contributed by atoms with Gasteiger partial charge in [0.05, 0.1) is 13.2 Å². The molecule has 1 unspecified atom stereocenters. The second kappa shape index (κ2) is 6.27. The van der Waals surface area contributed by atoms with Gasteiger partial charge in [-0.15, -0.1) is 0 Å². The molecule has 90 valence electrons. The highest BCUT2D eigenvalue weighted by atomic mass is 16.5. The summed E-state index contributed by atoms with van der Waals surface area (Å²) in [6.07, 6.45) is 0. The molecule has 1 rings (SSSR count). The average Bonchev–Trinajstić information content (AvgIpc) is 2.17. The zero-order valence-corrected chi connectivity index (χ0v) is 10.3. The van der Waals surface area contributed by atoms with Crippen molar-refractivity contribution in [2.75, 3.05) is 25.6 Å². The Morgan fingerprint density at radius 2 is 2.19 bits per heavy atom. The lowest BCUT2D eigenvalue weighted by Crippen LogP contribution is -2.22. The molecule has 1 heterocycles. The van der Waals surface area contributed by atoms with Crippen molar-refractivity contribution in [3.05, 3.63) is 11.8 Å². The highest BCUT2D eigenvalue weighted by Crippen LogP contribution is 2.12. The Kier molecular flexibility index (Phi) is 4.98. The Morgan fingerprint density at radius 1 is 1.44 bits per heavy atom. The zero-order valence-electron chi connectivity index (χ0n) is 10.3. The van der Waals surface area contributed by atoms with Gasteiger partial charge < -0.3 is 14.8 Å². The summed E-state index contributed by atoms with van der Waals surface area (Å²) in [6, 6.07) is 1.98. The molecule has 0 spiro atoms. The SMILES string of the molecule is CCOc1cc(C)nc(NC(C)COC)n1. The summed E-state index contributed by atoms with van der Waals surface area (Å²) in [5, 5.41) is 3.16. The molecule has 0 amide bonds. The fraction of sp³-hybridized carbons (Fsp3) is 0.636. The second-order valence-electron chi connectivity index (χ2n) is 3.60. The number of ether oxygens (including phenoxy) is 2. The Bertz CT molecular complexity index is 331. The fourth-order valence-corrected chi connectivity index (χ4v) is 1.34. The number of methoxy groups -OCH3 is 1. The van der Waals surface area contributed by atoms with Crippen LogP contribution in [0.15, 0.2) is 6.07 Å². The number of hydrogen-bond donors (Lipinski definition) is 1. The van der Waals surface area contributed by atoms with Crippen LogP contribution in [0.5, 0.6) is 5.88 Å². The van der Waals surface area contributed by atoms with E-state index >= 15 is 0 Å². The lowest BCUT2D eigenvalue weighted by atomic mass is 10.4. The van der Waals surface area contributed by atoms with Gasteiger partial charge in [0.25, 0.3) is 0 Å². The maximum Gasteiger partial charge on any atom is 0.226 e. The normalized spacial score (nSPS) is 12.2. The first-order valence-electron chi connectivity index (χ1n) is 5.39. The maximum absolute atomic E-state index is 5.35. The first-order chi connectivity index (χ1) is 7.65. The summed E-state index contributed by atoms with van der Waals surface area (Å²) in [5.41, 5.74) is 0.880. The maximum atomic E-state index is 5.35.